The van der Waals surface area contributed by atoms with Crippen molar-refractivity contribution >= 4 is 22.6 Å². The second kappa shape index (κ2) is 7.58. The van der Waals surface area contributed by atoms with Crippen LogP contribution in [0, 0.1) is 13.8 Å². The molecule has 0 amide bonds. The van der Waals surface area contributed by atoms with Crippen molar-refractivity contribution in [2.75, 3.05) is 0 Å². The zero-order chi connectivity index (χ0) is 18.7. The van der Waals surface area contributed by atoms with E-state index in [4.69, 9.17) is 11.6 Å². The summed E-state index contributed by atoms with van der Waals surface area (Å²) in [5.41, 5.74) is 7.21. The van der Waals surface area contributed by atoms with Gasteiger partial charge >= 0.3 is 0 Å². The number of hydrogen-bond donors (Lipinski definition) is 2. The van der Waals surface area contributed by atoms with Crippen LogP contribution in [0.2, 0.25) is 5.02 Å². The third-order valence-electron chi connectivity index (χ3n) is 4.14. The van der Waals surface area contributed by atoms with E-state index in [9.17, 15) is 0 Å². The van der Waals surface area contributed by atoms with Gasteiger partial charge in [0.25, 0.3) is 0 Å². The number of nitrogens with zero attached hydrogens (tertiary/aromatic N) is 2. The molecule has 2 heterocycles. The second-order valence-corrected chi connectivity index (χ2v) is 6.49. The van der Waals surface area contributed by atoms with Gasteiger partial charge in [-0.1, -0.05) is 35.9 Å². The second-order valence-electron chi connectivity index (χ2n) is 6.05. The van der Waals surface area contributed by atoms with E-state index in [0.29, 0.717) is 0 Å². The van der Waals surface area contributed by atoms with Gasteiger partial charge in [-0.3, -0.25) is 5.10 Å². The Morgan fingerprint density at radius 1 is 1.04 bits per heavy atom. The Labute approximate surface area is 157 Å². The van der Waals surface area contributed by atoms with E-state index in [0.717, 1.165) is 50.0 Å². The minimum atomic E-state index is 0.739. The molecule has 5 heteroatoms. The van der Waals surface area contributed by atoms with Gasteiger partial charge < -0.3 is 4.98 Å². The quantitative estimate of drug-likeness (QED) is 0.423. The fraction of sp³-hybridized carbons (Fsp3) is 0.143. The van der Waals surface area contributed by atoms with Crippen LogP contribution in [0.3, 0.4) is 0 Å². The molecule has 2 aromatic heterocycles. The number of nitrogens with one attached hydrogen (secondary N) is 2. The number of aromatic nitrogens is 4. The average molecular weight is 365 g/mol. The monoisotopic (exact) mass is 364 g/mol. The summed E-state index contributed by atoms with van der Waals surface area (Å²) in [6.07, 6.45) is 1.75. The lowest BCUT2D eigenvalue weighted by molar-refractivity contribution is 1.04. The fourth-order valence-corrected chi connectivity index (χ4v) is 2.79. The number of hydrogen-bond acceptors (Lipinski definition) is 2. The van der Waals surface area contributed by atoms with Crippen molar-refractivity contribution in [1.82, 2.24) is 20.2 Å². The first-order valence-electron chi connectivity index (χ1n) is 8.38. The predicted octanol–water partition coefficient (Wildman–Crippen LogP) is 6.08. The molecule has 0 atom stereocenters. The maximum absolute atomic E-state index is 5.96. The van der Waals surface area contributed by atoms with Gasteiger partial charge in [-0.2, -0.15) is 5.10 Å². The highest BCUT2D eigenvalue weighted by molar-refractivity contribution is 6.30. The largest absolute Gasteiger partial charge is 0.337 e. The highest BCUT2D eigenvalue weighted by Gasteiger charge is 2.13. The Hall–Kier alpha value is -2.85. The molecule has 0 saturated heterocycles. The Bertz CT molecular complexity index is 1040. The molecule has 0 spiro atoms. The molecule has 0 unspecified atom stereocenters. The van der Waals surface area contributed by atoms with Crippen molar-refractivity contribution in [3.05, 3.63) is 71.4 Å². The SMILES string of the molecule is C=CC.Cc1[nH]nc(-c2nc3ccc(-c4ccc(Cl)cc4)cc3[nH]2)c1C. The zero-order valence-electron chi connectivity index (χ0n) is 15.1. The van der Waals surface area contributed by atoms with E-state index in [1.165, 1.54) is 0 Å². The molecule has 0 fully saturated rings. The van der Waals surface area contributed by atoms with Crippen LogP contribution in [0.1, 0.15) is 18.2 Å². The van der Waals surface area contributed by atoms with E-state index in [1.54, 1.807) is 6.08 Å². The Morgan fingerprint density at radius 2 is 1.69 bits per heavy atom. The summed E-state index contributed by atoms with van der Waals surface area (Å²) in [6, 6.07) is 14.0. The van der Waals surface area contributed by atoms with Gasteiger partial charge in [-0.05, 0) is 56.2 Å². The smallest absolute Gasteiger partial charge is 0.159 e. The normalized spacial score (nSPS) is 10.5. The van der Waals surface area contributed by atoms with Crippen LogP contribution in [0.5, 0.6) is 0 Å². The molecule has 0 bridgehead atoms. The van der Waals surface area contributed by atoms with E-state index in [1.807, 2.05) is 51.1 Å². The summed E-state index contributed by atoms with van der Waals surface area (Å²) in [4.78, 5) is 8.01. The Kier molecular flexibility index (Phi) is 5.24. The molecule has 4 nitrogen and oxygen atoms in total. The summed E-state index contributed by atoms with van der Waals surface area (Å²) in [5, 5.41) is 8.08. The molecule has 0 saturated carbocycles. The number of allylic oxidation sites excluding steroid dienone is 1. The van der Waals surface area contributed by atoms with Crippen LogP contribution >= 0.6 is 11.6 Å². The first kappa shape index (κ1) is 18.0. The molecule has 0 radical (unpaired) electrons. The molecule has 4 rings (SSSR count). The van der Waals surface area contributed by atoms with E-state index in [2.05, 4.69) is 38.9 Å². The standard InChI is InChI=1S/C18H15ClN4.C3H6/c1-10-11(2)22-23-17(10)18-20-15-8-5-13(9-16(15)21-18)12-3-6-14(19)7-4-12;1-3-2/h3-9H,1-2H3,(H,20,21)(H,22,23);3H,1H2,2H3. The molecule has 132 valence electrons. The van der Waals surface area contributed by atoms with Crippen LogP contribution in [-0.4, -0.2) is 20.2 Å². The lowest BCUT2D eigenvalue weighted by Crippen LogP contribution is -1.83. The zero-order valence-corrected chi connectivity index (χ0v) is 15.9. The third kappa shape index (κ3) is 3.55. The summed E-state index contributed by atoms with van der Waals surface area (Å²) in [7, 11) is 0. The Morgan fingerprint density at radius 3 is 2.31 bits per heavy atom. The molecule has 0 aliphatic rings. The van der Waals surface area contributed by atoms with Gasteiger partial charge in [0.1, 0.15) is 5.69 Å². The van der Waals surface area contributed by atoms with Gasteiger partial charge in [0.15, 0.2) is 5.82 Å². The molecule has 2 N–H and O–H groups in total. The van der Waals surface area contributed by atoms with Crippen molar-refractivity contribution in [1.29, 1.82) is 0 Å². The van der Waals surface area contributed by atoms with Gasteiger partial charge in [0.05, 0.1) is 11.0 Å². The number of rotatable bonds is 2. The highest BCUT2D eigenvalue weighted by atomic mass is 35.5. The molecule has 26 heavy (non-hydrogen) atoms. The molecule has 2 aromatic carbocycles. The van der Waals surface area contributed by atoms with Crippen molar-refractivity contribution in [2.24, 2.45) is 0 Å². The van der Waals surface area contributed by atoms with E-state index >= 15 is 0 Å². The maximum Gasteiger partial charge on any atom is 0.159 e. The van der Waals surface area contributed by atoms with Gasteiger partial charge in [0, 0.05) is 16.3 Å². The fourth-order valence-electron chi connectivity index (χ4n) is 2.66. The lowest BCUT2D eigenvalue weighted by atomic mass is 10.1. The Balaban J connectivity index is 0.000000613. The minimum absolute atomic E-state index is 0.739. The molecule has 4 aromatic rings. The first-order chi connectivity index (χ1) is 12.5. The van der Waals surface area contributed by atoms with E-state index < -0.39 is 0 Å². The molecule has 0 aliphatic heterocycles. The topological polar surface area (TPSA) is 57.4 Å². The molecular weight excluding hydrogens is 344 g/mol. The number of imidazole rings is 1. The first-order valence-corrected chi connectivity index (χ1v) is 8.76. The molecule has 0 aliphatic carbocycles. The van der Waals surface area contributed by atoms with E-state index in [-0.39, 0.29) is 0 Å². The number of halogens is 1. The van der Waals surface area contributed by atoms with Crippen molar-refractivity contribution in [3.63, 3.8) is 0 Å². The minimum Gasteiger partial charge on any atom is -0.337 e. The van der Waals surface area contributed by atoms with Crippen LogP contribution < -0.4 is 0 Å². The van der Waals surface area contributed by atoms with Crippen LogP contribution in [0.15, 0.2) is 55.1 Å². The number of aryl methyl sites for hydroxylation is 1. The van der Waals surface area contributed by atoms with Crippen LogP contribution in [-0.2, 0) is 0 Å². The van der Waals surface area contributed by atoms with Crippen molar-refractivity contribution in [2.45, 2.75) is 20.8 Å². The lowest BCUT2D eigenvalue weighted by Gasteiger charge is -2.01. The van der Waals surface area contributed by atoms with Crippen molar-refractivity contribution in [3.8, 4) is 22.6 Å². The number of aromatic amines is 2. The summed E-state index contributed by atoms with van der Waals surface area (Å²) < 4.78 is 0. The summed E-state index contributed by atoms with van der Waals surface area (Å²) in [5.74, 6) is 0.787. The van der Waals surface area contributed by atoms with Crippen molar-refractivity contribution < 1.29 is 0 Å². The van der Waals surface area contributed by atoms with Gasteiger partial charge in [0.2, 0.25) is 0 Å². The van der Waals surface area contributed by atoms with Gasteiger partial charge in [-0.15, -0.1) is 6.58 Å². The highest BCUT2D eigenvalue weighted by Crippen LogP contribution is 2.27. The maximum atomic E-state index is 5.96. The number of H-pyrrole nitrogens is 2. The van der Waals surface area contributed by atoms with Crippen LogP contribution in [0.25, 0.3) is 33.7 Å². The average Bonchev–Trinajstić information content (AvgIpc) is 3.19. The summed E-state index contributed by atoms with van der Waals surface area (Å²) >= 11 is 5.96. The molecular formula is C21H21ClN4. The third-order valence-corrected chi connectivity index (χ3v) is 4.39. The van der Waals surface area contributed by atoms with Gasteiger partial charge in [-0.25, -0.2) is 4.98 Å². The summed E-state index contributed by atoms with van der Waals surface area (Å²) in [6.45, 7) is 9.30. The number of fused-ring (bicyclic) bond motifs is 1. The predicted molar refractivity (Wildman–Crippen MR) is 109 cm³/mol. The number of benzene rings is 2. The van der Waals surface area contributed by atoms with Crippen LogP contribution in [0.4, 0.5) is 0 Å².